The molecule has 2 aliphatic rings. The molecule has 3 aromatic carbocycles. The summed E-state index contributed by atoms with van der Waals surface area (Å²) in [7, 11) is 2.17. The van der Waals surface area contributed by atoms with Crippen LogP contribution in [0.1, 0.15) is 44.2 Å². The Kier molecular flexibility index (Phi) is 5.82. The summed E-state index contributed by atoms with van der Waals surface area (Å²) in [5.74, 6) is 0.414. The molecule has 0 N–H and O–H groups in total. The Balaban J connectivity index is 1.53. The molecule has 5 heteroatoms. The normalized spacial score (nSPS) is 21.9. The van der Waals surface area contributed by atoms with E-state index in [1.165, 1.54) is 23.0 Å². The van der Waals surface area contributed by atoms with Gasteiger partial charge in [0.1, 0.15) is 0 Å². The van der Waals surface area contributed by atoms with Gasteiger partial charge in [-0.15, -0.1) is 0 Å². The molecule has 5 rings (SSSR count). The van der Waals surface area contributed by atoms with Gasteiger partial charge in [-0.25, -0.2) is 4.99 Å². The molecule has 0 aliphatic carbocycles. The van der Waals surface area contributed by atoms with Crippen molar-refractivity contribution in [2.45, 2.75) is 38.6 Å². The summed E-state index contributed by atoms with van der Waals surface area (Å²) in [6.07, 6.45) is 3.10. The second kappa shape index (κ2) is 8.80. The summed E-state index contributed by atoms with van der Waals surface area (Å²) in [6, 6.07) is 26.1. The van der Waals surface area contributed by atoms with Crippen LogP contribution in [0.15, 0.2) is 88.8 Å². The molecule has 1 saturated heterocycles. The predicted molar refractivity (Wildman–Crippen MR) is 145 cm³/mol. The zero-order valence-electron chi connectivity index (χ0n) is 20.0. The molecule has 4 nitrogen and oxygen atoms in total. The van der Waals surface area contributed by atoms with E-state index in [1.54, 1.807) is 4.90 Å². The quantitative estimate of drug-likeness (QED) is 0.382. The number of aliphatic imine (C=N–C) groups is 1. The van der Waals surface area contributed by atoms with Crippen LogP contribution in [0, 0.1) is 0 Å². The molecule has 0 bridgehead atoms. The van der Waals surface area contributed by atoms with Gasteiger partial charge >= 0.3 is 0 Å². The summed E-state index contributed by atoms with van der Waals surface area (Å²) >= 11 is 1.43. The summed E-state index contributed by atoms with van der Waals surface area (Å²) < 4.78 is 0. The minimum atomic E-state index is -0.0464. The maximum absolute atomic E-state index is 13.5. The average Bonchev–Trinajstić information content (AvgIpc) is 3.13. The first-order valence-electron chi connectivity index (χ1n) is 11.6. The lowest BCUT2D eigenvalue weighted by Gasteiger charge is -2.45. The summed E-state index contributed by atoms with van der Waals surface area (Å²) in [6.45, 7) is 6.88. The number of para-hydroxylation sites is 2. The molecular formula is C29H29N3OS. The van der Waals surface area contributed by atoms with Gasteiger partial charge in [-0.1, -0.05) is 49.4 Å². The van der Waals surface area contributed by atoms with Crippen molar-refractivity contribution in [3.8, 4) is 0 Å². The fraction of sp³-hybridized carbons (Fsp3) is 0.241. The minimum Gasteiger partial charge on any atom is -0.369 e. The van der Waals surface area contributed by atoms with Crippen LogP contribution in [-0.2, 0) is 4.79 Å². The second-order valence-corrected chi connectivity index (χ2v) is 10.6. The van der Waals surface area contributed by atoms with Gasteiger partial charge in [0.05, 0.1) is 16.3 Å². The van der Waals surface area contributed by atoms with Crippen molar-refractivity contribution < 1.29 is 4.79 Å². The van der Waals surface area contributed by atoms with Crippen molar-refractivity contribution in [3.63, 3.8) is 0 Å². The van der Waals surface area contributed by atoms with E-state index in [2.05, 4.69) is 50.9 Å². The van der Waals surface area contributed by atoms with E-state index in [1.807, 2.05) is 66.7 Å². The van der Waals surface area contributed by atoms with Crippen molar-refractivity contribution in [2.24, 2.45) is 4.99 Å². The molecule has 0 radical (unpaired) electrons. The minimum absolute atomic E-state index is 0.0464. The van der Waals surface area contributed by atoms with E-state index in [-0.39, 0.29) is 11.4 Å². The molecule has 0 saturated carbocycles. The molecular weight excluding hydrogens is 438 g/mol. The van der Waals surface area contributed by atoms with Gasteiger partial charge in [0.15, 0.2) is 5.17 Å². The van der Waals surface area contributed by atoms with Crippen molar-refractivity contribution in [2.75, 3.05) is 16.8 Å². The number of carbonyl (C=O) groups excluding carboxylic acids is 1. The van der Waals surface area contributed by atoms with E-state index >= 15 is 0 Å². The average molecular weight is 468 g/mol. The molecule has 2 heterocycles. The number of thioether (sulfide) groups is 1. The maximum atomic E-state index is 13.5. The van der Waals surface area contributed by atoms with Gasteiger partial charge in [0.25, 0.3) is 5.91 Å². The monoisotopic (exact) mass is 467 g/mol. The van der Waals surface area contributed by atoms with Crippen LogP contribution in [0.2, 0.25) is 0 Å². The predicted octanol–water partition coefficient (Wildman–Crippen LogP) is 7.22. The van der Waals surface area contributed by atoms with E-state index < -0.39 is 0 Å². The number of amidine groups is 1. The van der Waals surface area contributed by atoms with Gasteiger partial charge in [0, 0.05) is 18.3 Å². The summed E-state index contributed by atoms with van der Waals surface area (Å²) in [5, 5.41) is 0.668. The lowest BCUT2D eigenvalue weighted by Crippen LogP contribution is -2.45. The van der Waals surface area contributed by atoms with E-state index in [9.17, 15) is 4.79 Å². The van der Waals surface area contributed by atoms with Crippen molar-refractivity contribution in [3.05, 3.63) is 94.9 Å². The lowest BCUT2D eigenvalue weighted by atomic mass is 9.80. The number of anilines is 2. The Hall–Kier alpha value is -3.31. The standard InChI is InChI=1S/C29H29N3OS/c1-20-19-29(2,3)31(4)25-16-15-21(17-24(20)25)18-26-27(33)32(23-13-9-6-10-14-23)28(34-26)30-22-11-7-5-8-12-22/h5-18,20H,19H2,1-4H3/b26-18+,30-28?. The van der Waals surface area contributed by atoms with Gasteiger partial charge < -0.3 is 4.90 Å². The first-order valence-corrected chi connectivity index (χ1v) is 12.5. The first-order chi connectivity index (χ1) is 16.3. The maximum Gasteiger partial charge on any atom is 0.271 e. The number of rotatable bonds is 3. The topological polar surface area (TPSA) is 35.9 Å². The highest BCUT2D eigenvalue weighted by atomic mass is 32.2. The van der Waals surface area contributed by atoms with E-state index in [4.69, 9.17) is 4.99 Å². The number of hydrogen-bond acceptors (Lipinski definition) is 4. The highest BCUT2D eigenvalue weighted by Gasteiger charge is 2.36. The SMILES string of the molecule is CC1CC(C)(C)N(C)c2ccc(/C=C3/SC(=Nc4ccccc4)N(c4ccccc4)C3=O)cc21. The lowest BCUT2D eigenvalue weighted by molar-refractivity contribution is -0.113. The van der Waals surface area contributed by atoms with Gasteiger partial charge in [0.2, 0.25) is 0 Å². The van der Waals surface area contributed by atoms with Gasteiger partial charge in [-0.2, -0.15) is 0 Å². The molecule has 2 aliphatic heterocycles. The number of hydrogen-bond donors (Lipinski definition) is 0. The van der Waals surface area contributed by atoms with Crippen LogP contribution < -0.4 is 9.80 Å². The van der Waals surface area contributed by atoms with Crippen LogP contribution in [0.3, 0.4) is 0 Å². The molecule has 3 aromatic rings. The van der Waals surface area contributed by atoms with Crippen LogP contribution in [-0.4, -0.2) is 23.7 Å². The van der Waals surface area contributed by atoms with E-state index in [0.29, 0.717) is 16.0 Å². The third-order valence-electron chi connectivity index (χ3n) is 6.76. The Morgan fingerprint density at radius 2 is 1.68 bits per heavy atom. The third kappa shape index (κ3) is 4.16. The number of carbonyl (C=O) groups is 1. The zero-order chi connectivity index (χ0) is 23.9. The van der Waals surface area contributed by atoms with Crippen molar-refractivity contribution in [1.82, 2.24) is 0 Å². The highest BCUT2D eigenvalue weighted by Crippen LogP contribution is 2.43. The van der Waals surface area contributed by atoms with Crippen LogP contribution >= 0.6 is 11.8 Å². The molecule has 34 heavy (non-hydrogen) atoms. The molecule has 1 fully saturated rings. The largest absolute Gasteiger partial charge is 0.369 e. The van der Waals surface area contributed by atoms with Crippen LogP contribution in [0.25, 0.3) is 6.08 Å². The molecule has 0 spiro atoms. The third-order valence-corrected chi connectivity index (χ3v) is 7.73. The fourth-order valence-corrected chi connectivity index (χ4v) is 5.80. The summed E-state index contributed by atoms with van der Waals surface area (Å²) in [5.41, 5.74) is 5.43. The molecule has 0 aromatic heterocycles. The first kappa shape index (κ1) is 22.5. The zero-order valence-corrected chi connectivity index (χ0v) is 20.8. The molecule has 172 valence electrons. The number of nitrogens with zero attached hydrogens (tertiary/aromatic N) is 3. The Bertz CT molecular complexity index is 1280. The summed E-state index contributed by atoms with van der Waals surface area (Å²) in [4.78, 5) is 23.1. The fourth-order valence-electron chi connectivity index (χ4n) is 4.80. The number of amides is 1. The van der Waals surface area contributed by atoms with Crippen molar-refractivity contribution in [1.29, 1.82) is 0 Å². The smallest absolute Gasteiger partial charge is 0.271 e. The van der Waals surface area contributed by atoms with Crippen LogP contribution in [0.5, 0.6) is 0 Å². The van der Waals surface area contributed by atoms with Crippen LogP contribution in [0.4, 0.5) is 17.1 Å². The molecule has 1 amide bonds. The van der Waals surface area contributed by atoms with Crippen molar-refractivity contribution >= 4 is 46.0 Å². The molecule has 1 unspecified atom stereocenters. The van der Waals surface area contributed by atoms with Gasteiger partial charge in [-0.3, -0.25) is 9.69 Å². The second-order valence-electron chi connectivity index (χ2n) is 9.61. The highest BCUT2D eigenvalue weighted by molar-refractivity contribution is 8.19. The van der Waals surface area contributed by atoms with E-state index in [0.717, 1.165) is 23.4 Å². The Labute approximate surface area is 206 Å². The Morgan fingerprint density at radius 1 is 1.00 bits per heavy atom. The number of fused-ring (bicyclic) bond motifs is 1. The Morgan fingerprint density at radius 3 is 2.38 bits per heavy atom. The van der Waals surface area contributed by atoms with Gasteiger partial charge in [-0.05, 0) is 91.5 Å². The number of benzene rings is 3. The molecule has 1 atom stereocenters.